The highest BCUT2D eigenvalue weighted by Crippen LogP contribution is 2.21. The standard InChI is InChI=1S/C9H6ClNO3/c10-6-1-3-7(4-2-6)11-8(12)5-14-9(11)13/h1-4H,5H2. The molecular formula is C9H6ClNO3. The third-order valence-corrected chi connectivity index (χ3v) is 2.09. The van der Waals surface area contributed by atoms with E-state index in [1.54, 1.807) is 24.3 Å². The maximum atomic E-state index is 11.2. The summed E-state index contributed by atoms with van der Waals surface area (Å²) >= 11 is 5.67. The summed E-state index contributed by atoms with van der Waals surface area (Å²) in [5.74, 6) is -0.364. The number of anilines is 1. The molecule has 1 aromatic carbocycles. The van der Waals surface area contributed by atoms with Crippen molar-refractivity contribution in [3.8, 4) is 0 Å². The second-order valence-electron chi connectivity index (χ2n) is 2.76. The van der Waals surface area contributed by atoms with E-state index in [-0.39, 0.29) is 12.5 Å². The zero-order valence-corrected chi connectivity index (χ0v) is 7.82. The van der Waals surface area contributed by atoms with Crippen LogP contribution in [0.2, 0.25) is 5.02 Å². The van der Waals surface area contributed by atoms with Crippen molar-refractivity contribution in [3.63, 3.8) is 0 Å². The quantitative estimate of drug-likeness (QED) is 0.712. The number of nitrogens with zero attached hydrogens (tertiary/aromatic N) is 1. The van der Waals surface area contributed by atoms with E-state index in [2.05, 4.69) is 4.74 Å². The fourth-order valence-electron chi connectivity index (χ4n) is 1.19. The van der Waals surface area contributed by atoms with Crippen molar-refractivity contribution in [1.29, 1.82) is 0 Å². The molecule has 72 valence electrons. The van der Waals surface area contributed by atoms with Crippen LogP contribution >= 0.6 is 11.6 Å². The molecular weight excluding hydrogens is 206 g/mol. The van der Waals surface area contributed by atoms with Gasteiger partial charge in [-0.2, -0.15) is 0 Å². The van der Waals surface area contributed by atoms with E-state index < -0.39 is 6.09 Å². The predicted molar refractivity (Wildman–Crippen MR) is 50.3 cm³/mol. The molecule has 0 radical (unpaired) electrons. The van der Waals surface area contributed by atoms with Crippen LogP contribution in [-0.2, 0) is 9.53 Å². The first-order chi connectivity index (χ1) is 6.68. The maximum Gasteiger partial charge on any atom is 0.421 e. The molecule has 0 aliphatic carbocycles. The second kappa shape index (κ2) is 3.31. The summed E-state index contributed by atoms with van der Waals surface area (Å²) in [5, 5.41) is 0.550. The zero-order valence-electron chi connectivity index (χ0n) is 7.07. The van der Waals surface area contributed by atoms with Crippen LogP contribution in [0.4, 0.5) is 10.5 Å². The molecule has 2 amide bonds. The molecule has 0 spiro atoms. The van der Waals surface area contributed by atoms with Crippen molar-refractivity contribution in [1.82, 2.24) is 0 Å². The van der Waals surface area contributed by atoms with E-state index in [0.717, 1.165) is 4.90 Å². The molecule has 1 aliphatic rings. The molecule has 2 rings (SSSR count). The van der Waals surface area contributed by atoms with Crippen LogP contribution < -0.4 is 4.90 Å². The summed E-state index contributed by atoms with van der Waals surface area (Å²) in [5.41, 5.74) is 0.474. The van der Waals surface area contributed by atoms with Crippen LogP contribution in [0, 0.1) is 0 Å². The number of amides is 2. The smallest absolute Gasteiger partial charge is 0.421 e. The molecule has 1 fully saturated rings. The number of cyclic esters (lactones) is 1. The van der Waals surface area contributed by atoms with Crippen LogP contribution in [-0.4, -0.2) is 18.6 Å². The molecule has 0 unspecified atom stereocenters. The van der Waals surface area contributed by atoms with Gasteiger partial charge in [0.05, 0.1) is 5.69 Å². The van der Waals surface area contributed by atoms with E-state index in [0.29, 0.717) is 10.7 Å². The number of hydrogen-bond donors (Lipinski definition) is 0. The van der Waals surface area contributed by atoms with Crippen LogP contribution in [0.1, 0.15) is 0 Å². The van der Waals surface area contributed by atoms with Crippen molar-refractivity contribution < 1.29 is 14.3 Å². The highest BCUT2D eigenvalue weighted by Gasteiger charge is 2.32. The van der Waals surface area contributed by atoms with Crippen LogP contribution in [0.5, 0.6) is 0 Å². The van der Waals surface area contributed by atoms with Crippen LogP contribution in [0.25, 0.3) is 0 Å². The van der Waals surface area contributed by atoms with Gasteiger partial charge in [-0.1, -0.05) is 11.6 Å². The molecule has 0 saturated carbocycles. The number of rotatable bonds is 1. The topological polar surface area (TPSA) is 46.6 Å². The maximum absolute atomic E-state index is 11.2. The first-order valence-corrected chi connectivity index (χ1v) is 4.31. The number of ether oxygens (including phenoxy) is 1. The van der Waals surface area contributed by atoms with Gasteiger partial charge in [0.25, 0.3) is 5.91 Å². The highest BCUT2D eigenvalue weighted by atomic mass is 35.5. The second-order valence-corrected chi connectivity index (χ2v) is 3.20. The summed E-state index contributed by atoms with van der Waals surface area (Å²) in [6, 6.07) is 6.39. The molecule has 1 heterocycles. The van der Waals surface area contributed by atoms with Crippen molar-refractivity contribution >= 4 is 29.3 Å². The Hall–Kier alpha value is -1.55. The molecule has 0 bridgehead atoms. The molecule has 1 aliphatic heterocycles. The van der Waals surface area contributed by atoms with Crippen molar-refractivity contribution in [2.75, 3.05) is 11.5 Å². The van der Waals surface area contributed by atoms with E-state index in [9.17, 15) is 9.59 Å². The lowest BCUT2D eigenvalue weighted by Gasteiger charge is -2.09. The van der Waals surface area contributed by atoms with Crippen molar-refractivity contribution in [2.45, 2.75) is 0 Å². The van der Waals surface area contributed by atoms with Crippen molar-refractivity contribution in [3.05, 3.63) is 29.3 Å². The van der Waals surface area contributed by atoms with E-state index in [1.807, 2.05) is 0 Å². The average Bonchev–Trinajstić information content (AvgIpc) is 2.49. The number of halogens is 1. The monoisotopic (exact) mass is 211 g/mol. The Kier molecular flexibility index (Phi) is 2.13. The first kappa shape index (κ1) is 9.02. The lowest BCUT2D eigenvalue weighted by molar-refractivity contribution is -0.117. The Morgan fingerprint density at radius 1 is 1.21 bits per heavy atom. The van der Waals surface area contributed by atoms with Gasteiger partial charge < -0.3 is 4.74 Å². The van der Waals surface area contributed by atoms with Gasteiger partial charge in [0, 0.05) is 5.02 Å². The minimum absolute atomic E-state index is 0.193. The molecule has 0 atom stereocenters. The van der Waals surface area contributed by atoms with Gasteiger partial charge in [-0.3, -0.25) is 4.79 Å². The number of carbonyl (C=O) groups is 2. The van der Waals surface area contributed by atoms with Gasteiger partial charge in [-0.15, -0.1) is 0 Å². The summed E-state index contributed by atoms with van der Waals surface area (Å²) in [7, 11) is 0. The molecule has 1 saturated heterocycles. The third-order valence-electron chi connectivity index (χ3n) is 1.84. The molecule has 1 aromatic rings. The number of hydrogen-bond acceptors (Lipinski definition) is 3. The molecule has 4 nitrogen and oxygen atoms in total. The third kappa shape index (κ3) is 1.44. The summed E-state index contributed by atoms with van der Waals surface area (Å²) in [4.78, 5) is 23.3. The summed E-state index contributed by atoms with van der Waals surface area (Å²) in [6.45, 7) is -0.193. The normalized spacial score (nSPS) is 15.9. The Bertz CT molecular complexity index is 372. The fraction of sp³-hybridized carbons (Fsp3) is 0.111. The molecule has 14 heavy (non-hydrogen) atoms. The van der Waals surface area contributed by atoms with Gasteiger partial charge in [-0.25, -0.2) is 9.69 Å². The largest absolute Gasteiger partial charge is 0.439 e. The number of benzene rings is 1. The predicted octanol–water partition coefficient (Wildman–Crippen LogP) is 1.82. The van der Waals surface area contributed by atoms with Gasteiger partial charge >= 0.3 is 6.09 Å². The van der Waals surface area contributed by atoms with E-state index >= 15 is 0 Å². The Morgan fingerprint density at radius 3 is 2.36 bits per heavy atom. The van der Waals surface area contributed by atoms with E-state index in [4.69, 9.17) is 11.6 Å². The van der Waals surface area contributed by atoms with Gasteiger partial charge in [-0.05, 0) is 24.3 Å². The minimum atomic E-state index is -0.641. The highest BCUT2D eigenvalue weighted by molar-refractivity contribution is 6.30. The summed E-state index contributed by atoms with van der Waals surface area (Å²) < 4.78 is 4.57. The van der Waals surface area contributed by atoms with Crippen LogP contribution in [0.3, 0.4) is 0 Å². The summed E-state index contributed by atoms with van der Waals surface area (Å²) in [6.07, 6.45) is -0.641. The zero-order chi connectivity index (χ0) is 10.1. The number of imide groups is 1. The van der Waals surface area contributed by atoms with Crippen molar-refractivity contribution in [2.24, 2.45) is 0 Å². The molecule has 5 heteroatoms. The van der Waals surface area contributed by atoms with E-state index in [1.165, 1.54) is 0 Å². The number of carbonyl (C=O) groups excluding carboxylic acids is 2. The minimum Gasteiger partial charge on any atom is -0.439 e. The van der Waals surface area contributed by atoms with Gasteiger partial charge in [0.15, 0.2) is 6.61 Å². The van der Waals surface area contributed by atoms with Gasteiger partial charge in [0.1, 0.15) is 0 Å². The lowest BCUT2D eigenvalue weighted by Crippen LogP contribution is -2.28. The Balaban J connectivity index is 2.34. The fourth-order valence-corrected chi connectivity index (χ4v) is 1.32. The molecule has 0 N–H and O–H groups in total. The SMILES string of the molecule is O=C1COC(=O)N1c1ccc(Cl)cc1. The van der Waals surface area contributed by atoms with Gasteiger partial charge in [0.2, 0.25) is 0 Å². The van der Waals surface area contributed by atoms with Crippen LogP contribution in [0.15, 0.2) is 24.3 Å². The Morgan fingerprint density at radius 2 is 1.86 bits per heavy atom. The Labute approximate surface area is 85.0 Å². The average molecular weight is 212 g/mol. The first-order valence-electron chi connectivity index (χ1n) is 3.94. The molecule has 0 aromatic heterocycles. The lowest BCUT2D eigenvalue weighted by atomic mass is 10.3.